The maximum absolute atomic E-state index is 13.5. The highest BCUT2D eigenvalue weighted by atomic mass is 32.2. The van der Waals surface area contributed by atoms with Gasteiger partial charge in [-0.2, -0.15) is 26.6 Å². The molecule has 0 saturated carbocycles. The Kier molecular flexibility index (Phi) is 5.17. The lowest BCUT2D eigenvalue weighted by molar-refractivity contribution is -0.136. The number of para-hydroxylation sites is 1. The van der Waals surface area contributed by atoms with E-state index in [1.165, 1.54) is 32.3 Å². The molecule has 0 spiro atoms. The second-order valence-corrected chi connectivity index (χ2v) is 7.62. The molecule has 0 atom stereocenters. The van der Waals surface area contributed by atoms with Crippen molar-refractivity contribution in [1.82, 2.24) is 19.6 Å². The monoisotopic (exact) mass is 429 g/mol. The molecule has 154 valence electrons. The Morgan fingerprint density at radius 3 is 2.59 bits per heavy atom. The highest BCUT2D eigenvalue weighted by Gasteiger charge is 2.37. The maximum atomic E-state index is 13.5. The number of nitrogens with one attached hydrogen (secondary N) is 1. The lowest BCUT2D eigenvalue weighted by atomic mass is 10.1. The van der Waals surface area contributed by atoms with E-state index in [2.05, 4.69) is 15.1 Å². The van der Waals surface area contributed by atoms with Crippen molar-refractivity contribution in [1.29, 1.82) is 0 Å². The number of aromatic nitrogens is 4. The Balaban J connectivity index is 2.11. The number of anilines is 1. The number of carbonyl (C=O) groups is 1. The van der Waals surface area contributed by atoms with Crippen molar-refractivity contribution < 1.29 is 31.1 Å². The van der Waals surface area contributed by atoms with Crippen LogP contribution in [-0.4, -0.2) is 40.1 Å². The van der Waals surface area contributed by atoms with Gasteiger partial charge in [-0.3, -0.25) is 4.72 Å². The summed E-state index contributed by atoms with van der Waals surface area (Å²) in [6.07, 6.45) is -2.87. The zero-order valence-corrected chi connectivity index (χ0v) is 15.8. The van der Waals surface area contributed by atoms with Crippen LogP contribution in [0.2, 0.25) is 0 Å². The average Bonchev–Trinajstić information content (AvgIpc) is 3.05. The van der Waals surface area contributed by atoms with E-state index in [4.69, 9.17) is 4.74 Å². The van der Waals surface area contributed by atoms with Gasteiger partial charge in [0, 0.05) is 12.4 Å². The van der Waals surface area contributed by atoms with Crippen molar-refractivity contribution in [3.63, 3.8) is 0 Å². The molecule has 0 fully saturated rings. The number of halogens is 3. The summed E-state index contributed by atoms with van der Waals surface area (Å²) in [5.41, 5.74) is -2.93. The molecular formula is C16H14F3N5O4S. The third-order valence-electron chi connectivity index (χ3n) is 3.51. The number of sulfonamides is 1. The molecule has 1 aromatic carbocycles. The van der Waals surface area contributed by atoms with E-state index >= 15 is 0 Å². The molecule has 13 heteroatoms. The molecule has 29 heavy (non-hydrogen) atoms. The van der Waals surface area contributed by atoms with Crippen molar-refractivity contribution in [2.75, 3.05) is 4.72 Å². The van der Waals surface area contributed by atoms with Crippen LogP contribution in [-0.2, 0) is 20.9 Å². The summed E-state index contributed by atoms with van der Waals surface area (Å²) in [7, 11) is -4.68. The Bertz CT molecular complexity index is 1140. The number of hydrogen-bond acceptors (Lipinski definition) is 7. The molecule has 3 rings (SSSR count). The molecule has 0 saturated heterocycles. The van der Waals surface area contributed by atoms with Crippen LogP contribution in [0.1, 0.15) is 29.8 Å². The number of alkyl halides is 3. The molecule has 0 aliphatic heterocycles. The SMILES string of the molecule is CC(C)OC(=O)c1cccc(C(F)(F)F)c1NS(=O)(=O)c1nc2ncccn2n1. The number of benzene rings is 1. The van der Waals surface area contributed by atoms with Crippen molar-refractivity contribution >= 4 is 27.5 Å². The van der Waals surface area contributed by atoms with Gasteiger partial charge >= 0.3 is 12.1 Å². The topological polar surface area (TPSA) is 116 Å². The number of rotatable bonds is 5. The van der Waals surface area contributed by atoms with Crippen LogP contribution in [0.3, 0.4) is 0 Å². The lowest BCUT2D eigenvalue weighted by Gasteiger charge is -2.17. The van der Waals surface area contributed by atoms with E-state index in [1.54, 1.807) is 4.72 Å². The Hall–Kier alpha value is -3.22. The average molecular weight is 429 g/mol. The largest absolute Gasteiger partial charge is 0.459 e. The van der Waals surface area contributed by atoms with E-state index < -0.39 is 50.2 Å². The maximum Gasteiger partial charge on any atom is 0.418 e. The number of carbonyl (C=O) groups excluding carboxylic acids is 1. The minimum atomic E-state index is -4.94. The van der Waals surface area contributed by atoms with Crippen LogP contribution in [0.25, 0.3) is 5.78 Å². The van der Waals surface area contributed by atoms with Gasteiger partial charge in [0.1, 0.15) is 0 Å². The first-order valence-electron chi connectivity index (χ1n) is 8.10. The predicted molar refractivity (Wildman–Crippen MR) is 93.6 cm³/mol. The van der Waals surface area contributed by atoms with Gasteiger partial charge in [-0.25, -0.2) is 14.3 Å². The van der Waals surface area contributed by atoms with Crippen molar-refractivity contribution in [3.8, 4) is 0 Å². The fourth-order valence-electron chi connectivity index (χ4n) is 2.35. The Labute approximate surface area is 162 Å². The highest BCUT2D eigenvalue weighted by Crippen LogP contribution is 2.37. The van der Waals surface area contributed by atoms with Crippen molar-refractivity contribution in [2.24, 2.45) is 0 Å². The van der Waals surface area contributed by atoms with Gasteiger partial charge in [0.2, 0.25) is 0 Å². The molecule has 1 N–H and O–H groups in total. The van der Waals surface area contributed by atoms with E-state index in [0.717, 1.165) is 16.6 Å². The van der Waals surface area contributed by atoms with Gasteiger partial charge in [-0.05, 0) is 32.0 Å². The fraction of sp³-hybridized carbons (Fsp3) is 0.250. The molecular weight excluding hydrogens is 415 g/mol. The Morgan fingerprint density at radius 2 is 1.97 bits per heavy atom. The third kappa shape index (κ3) is 4.29. The van der Waals surface area contributed by atoms with E-state index in [0.29, 0.717) is 6.07 Å². The summed E-state index contributed by atoms with van der Waals surface area (Å²) in [6.45, 7) is 3.01. The second-order valence-electron chi connectivity index (χ2n) is 6.04. The second kappa shape index (κ2) is 7.31. The van der Waals surface area contributed by atoms with Crippen molar-refractivity contribution in [2.45, 2.75) is 31.3 Å². The Morgan fingerprint density at radius 1 is 1.24 bits per heavy atom. The number of nitrogens with zero attached hydrogens (tertiary/aromatic N) is 4. The van der Waals surface area contributed by atoms with E-state index in [-0.39, 0.29) is 5.78 Å². The van der Waals surface area contributed by atoms with Gasteiger partial charge < -0.3 is 4.74 Å². The zero-order chi connectivity index (χ0) is 21.4. The molecule has 0 bridgehead atoms. The van der Waals surface area contributed by atoms with Crippen LogP contribution < -0.4 is 4.72 Å². The van der Waals surface area contributed by atoms with Crippen LogP contribution in [0.5, 0.6) is 0 Å². The summed E-state index contributed by atoms with van der Waals surface area (Å²) in [4.78, 5) is 19.7. The summed E-state index contributed by atoms with van der Waals surface area (Å²) in [5, 5.41) is 2.88. The van der Waals surface area contributed by atoms with Crippen LogP contribution in [0.4, 0.5) is 18.9 Å². The summed E-state index contributed by atoms with van der Waals surface area (Å²) >= 11 is 0. The molecule has 3 aromatic rings. The van der Waals surface area contributed by atoms with E-state index in [1.807, 2.05) is 0 Å². The predicted octanol–water partition coefficient (Wildman–Crippen LogP) is 2.51. The number of fused-ring (bicyclic) bond motifs is 1. The van der Waals surface area contributed by atoms with Gasteiger partial charge in [0.15, 0.2) is 0 Å². The fourth-order valence-corrected chi connectivity index (χ4v) is 3.33. The van der Waals surface area contributed by atoms with E-state index in [9.17, 15) is 26.4 Å². The first-order chi connectivity index (χ1) is 13.5. The first kappa shape index (κ1) is 20.5. The van der Waals surface area contributed by atoms with Crippen molar-refractivity contribution in [3.05, 3.63) is 47.8 Å². The molecule has 0 aliphatic rings. The highest BCUT2D eigenvalue weighted by molar-refractivity contribution is 7.92. The first-order valence-corrected chi connectivity index (χ1v) is 9.59. The number of esters is 1. The standard InChI is InChI=1S/C16H14F3N5O4S/c1-9(2)28-13(25)10-5-3-6-11(16(17,18)19)12(10)23-29(26,27)15-21-14-20-7-4-8-24(14)22-15/h3-9,23H,1-2H3. The molecule has 0 radical (unpaired) electrons. The quantitative estimate of drug-likeness (QED) is 0.620. The molecule has 0 amide bonds. The number of ether oxygens (including phenoxy) is 1. The van der Waals surface area contributed by atoms with Crippen LogP contribution in [0, 0.1) is 0 Å². The molecule has 2 aromatic heterocycles. The lowest BCUT2D eigenvalue weighted by Crippen LogP contribution is -2.22. The van der Waals surface area contributed by atoms with Gasteiger partial charge in [-0.15, -0.1) is 5.10 Å². The molecule has 0 unspecified atom stereocenters. The van der Waals surface area contributed by atoms with Crippen LogP contribution >= 0.6 is 0 Å². The van der Waals surface area contributed by atoms with Gasteiger partial charge in [0.05, 0.1) is 22.9 Å². The minimum Gasteiger partial charge on any atom is -0.459 e. The van der Waals surface area contributed by atoms with Gasteiger partial charge in [0.25, 0.3) is 21.0 Å². The van der Waals surface area contributed by atoms with Crippen LogP contribution in [0.15, 0.2) is 41.8 Å². The smallest absolute Gasteiger partial charge is 0.418 e. The molecule has 0 aliphatic carbocycles. The summed E-state index contributed by atoms with van der Waals surface area (Å²) in [5.74, 6) is -1.19. The van der Waals surface area contributed by atoms with Gasteiger partial charge in [-0.1, -0.05) is 6.07 Å². The number of hydrogen-bond donors (Lipinski definition) is 1. The molecule has 2 heterocycles. The normalized spacial score (nSPS) is 12.3. The minimum absolute atomic E-state index is 0.0728. The molecule has 9 nitrogen and oxygen atoms in total. The summed E-state index contributed by atoms with van der Waals surface area (Å²) in [6, 6.07) is 4.11. The third-order valence-corrected chi connectivity index (χ3v) is 4.63. The zero-order valence-electron chi connectivity index (χ0n) is 15.0. The summed E-state index contributed by atoms with van der Waals surface area (Å²) < 4.78 is 73.4.